The van der Waals surface area contributed by atoms with Crippen LogP contribution in [0.3, 0.4) is 0 Å². The Hall–Kier alpha value is -2.01. The lowest BCUT2D eigenvalue weighted by Gasteiger charge is -2.18. The average Bonchev–Trinajstić information content (AvgIpc) is 2.83. The number of carbonyl (C=O) groups excluding carboxylic acids is 1. The lowest BCUT2D eigenvalue weighted by atomic mass is 10.1. The maximum Gasteiger partial charge on any atom is 0.351 e. The van der Waals surface area contributed by atoms with E-state index in [0.717, 1.165) is 4.57 Å². The van der Waals surface area contributed by atoms with Gasteiger partial charge in [-0.05, 0) is 19.9 Å². The van der Waals surface area contributed by atoms with Crippen LogP contribution in [0.15, 0.2) is 17.1 Å². The van der Waals surface area contributed by atoms with Gasteiger partial charge in [-0.25, -0.2) is 9.59 Å². The Morgan fingerprint density at radius 1 is 1.50 bits per heavy atom. The van der Waals surface area contributed by atoms with Crippen molar-refractivity contribution in [3.63, 3.8) is 0 Å². The van der Waals surface area contributed by atoms with Crippen LogP contribution in [-0.2, 0) is 14.3 Å². The SMILES string of the molecule is CCOC(=O)[C@H](C)Nc1ccn([C@@H]2O[C@H](CO)[C@@H](O)[C@H]2O)c(=O)n1. The van der Waals surface area contributed by atoms with E-state index in [1.165, 1.54) is 12.3 Å². The highest BCUT2D eigenvalue weighted by Gasteiger charge is 2.43. The van der Waals surface area contributed by atoms with Gasteiger partial charge in [0.05, 0.1) is 13.2 Å². The summed E-state index contributed by atoms with van der Waals surface area (Å²) in [6.07, 6.45) is -3.52. The van der Waals surface area contributed by atoms with E-state index in [4.69, 9.17) is 14.6 Å². The maximum atomic E-state index is 12.1. The fourth-order valence-corrected chi connectivity index (χ4v) is 2.34. The molecule has 10 nitrogen and oxygen atoms in total. The molecule has 0 spiro atoms. The highest BCUT2D eigenvalue weighted by atomic mass is 16.6. The van der Waals surface area contributed by atoms with E-state index in [1.807, 2.05) is 0 Å². The van der Waals surface area contributed by atoms with Crippen molar-refractivity contribution < 1.29 is 29.6 Å². The van der Waals surface area contributed by atoms with Gasteiger partial charge >= 0.3 is 11.7 Å². The second kappa shape index (κ2) is 7.71. The first-order valence-electron chi connectivity index (χ1n) is 7.53. The molecule has 0 saturated carbocycles. The number of hydrogen-bond donors (Lipinski definition) is 4. The molecule has 1 fully saturated rings. The molecule has 1 aliphatic heterocycles. The molecule has 2 rings (SSSR count). The summed E-state index contributed by atoms with van der Waals surface area (Å²) in [7, 11) is 0. The molecule has 1 aromatic rings. The summed E-state index contributed by atoms with van der Waals surface area (Å²) in [6.45, 7) is 3.00. The molecule has 4 N–H and O–H groups in total. The molecule has 1 aromatic heterocycles. The Bertz CT molecular complexity index is 635. The van der Waals surface area contributed by atoms with Gasteiger partial charge in [0.25, 0.3) is 0 Å². The van der Waals surface area contributed by atoms with Crippen molar-refractivity contribution in [2.45, 2.75) is 44.4 Å². The molecular formula is C14H21N3O7. The molecule has 134 valence electrons. The summed E-state index contributed by atoms with van der Waals surface area (Å²) in [4.78, 5) is 27.4. The topological polar surface area (TPSA) is 143 Å². The predicted molar refractivity (Wildman–Crippen MR) is 81.2 cm³/mol. The number of esters is 1. The molecule has 0 aromatic carbocycles. The molecule has 0 aliphatic carbocycles. The maximum absolute atomic E-state index is 12.1. The van der Waals surface area contributed by atoms with E-state index in [9.17, 15) is 19.8 Å². The van der Waals surface area contributed by atoms with Gasteiger partial charge in [0.1, 0.15) is 30.2 Å². The molecule has 1 aliphatic rings. The summed E-state index contributed by atoms with van der Waals surface area (Å²) in [5, 5.41) is 31.5. The molecule has 0 unspecified atom stereocenters. The fourth-order valence-electron chi connectivity index (χ4n) is 2.34. The number of rotatable bonds is 6. The van der Waals surface area contributed by atoms with Gasteiger partial charge in [-0.2, -0.15) is 4.98 Å². The van der Waals surface area contributed by atoms with Crippen LogP contribution in [0, 0.1) is 0 Å². The summed E-state index contributed by atoms with van der Waals surface area (Å²) in [6, 6.07) is 0.730. The number of aliphatic hydroxyl groups is 3. The van der Waals surface area contributed by atoms with E-state index >= 15 is 0 Å². The van der Waals surface area contributed by atoms with Gasteiger partial charge in [-0.15, -0.1) is 0 Å². The van der Waals surface area contributed by atoms with E-state index < -0.39 is 48.8 Å². The minimum Gasteiger partial charge on any atom is -0.464 e. The van der Waals surface area contributed by atoms with Crippen LogP contribution in [-0.4, -0.2) is 68.4 Å². The quantitative estimate of drug-likeness (QED) is 0.441. The van der Waals surface area contributed by atoms with Crippen molar-refractivity contribution in [2.24, 2.45) is 0 Å². The third kappa shape index (κ3) is 3.73. The van der Waals surface area contributed by atoms with Crippen molar-refractivity contribution in [1.82, 2.24) is 9.55 Å². The highest BCUT2D eigenvalue weighted by molar-refractivity contribution is 5.78. The summed E-state index contributed by atoms with van der Waals surface area (Å²) in [5.74, 6) is -0.324. The molecule has 0 radical (unpaired) electrons. The van der Waals surface area contributed by atoms with Crippen LogP contribution >= 0.6 is 0 Å². The largest absolute Gasteiger partial charge is 0.464 e. The van der Waals surface area contributed by atoms with Crippen molar-refractivity contribution in [3.05, 3.63) is 22.7 Å². The Labute approximate surface area is 137 Å². The van der Waals surface area contributed by atoms with Crippen LogP contribution in [0.5, 0.6) is 0 Å². The van der Waals surface area contributed by atoms with E-state index in [1.54, 1.807) is 13.8 Å². The Morgan fingerprint density at radius 2 is 2.21 bits per heavy atom. The van der Waals surface area contributed by atoms with Gasteiger partial charge in [0.15, 0.2) is 6.23 Å². The van der Waals surface area contributed by atoms with E-state index in [2.05, 4.69) is 10.3 Å². The molecule has 0 amide bonds. The number of hydrogen-bond acceptors (Lipinski definition) is 9. The van der Waals surface area contributed by atoms with Crippen molar-refractivity contribution in [2.75, 3.05) is 18.5 Å². The third-order valence-electron chi connectivity index (χ3n) is 3.63. The van der Waals surface area contributed by atoms with Crippen LogP contribution in [0.1, 0.15) is 20.1 Å². The first-order valence-corrected chi connectivity index (χ1v) is 7.53. The van der Waals surface area contributed by atoms with Crippen LogP contribution in [0.25, 0.3) is 0 Å². The Morgan fingerprint density at radius 3 is 2.75 bits per heavy atom. The first kappa shape index (κ1) is 18.3. The van der Waals surface area contributed by atoms with Crippen LogP contribution in [0.2, 0.25) is 0 Å². The predicted octanol–water partition coefficient (Wildman–Crippen LogP) is -1.78. The average molecular weight is 343 g/mol. The molecule has 2 heterocycles. The van der Waals surface area contributed by atoms with Gasteiger partial charge in [-0.1, -0.05) is 0 Å². The molecule has 5 atom stereocenters. The zero-order chi connectivity index (χ0) is 17.9. The monoisotopic (exact) mass is 343 g/mol. The van der Waals surface area contributed by atoms with Crippen molar-refractivity contribution in [3.8, 4) is 0 Å². The zero-order valence-corrected chi connectivity index (χ0v) is 13.3. The fraction of sp³-hybridized carbons (Fsp3) is 0.643. The number of aliphatic hydroxyl groups excluding tert-OH is 3. The van der Waals surface area contributed by atoms with Gasteiger partial charge in [0, 0.05) is 6.20 Å². The lowest BCUT2D eigenvalue weighted by molar-refractivity contribution is -0.143. The van der Waals surface area contributed by atoms with E-state index in [-0.39, 0.29) is 12.4 Å². The van der Waals surface area contributed by atoms with Gasteiger partial charge in [-0.3, -0.25) is 4.57 Å². The van der Waals surface area contributed by atoms with Gasteiger partial charge in [0.2, 0.25) is 0 Å². The third-order valence-corrected chi connectivity index (χ3v) is 3.63. The number of ether oxygens (including phenoxy) is 2. The number of carbonyl (C=O) groups is 1. The number of nitrogens with zero attached hydrogens (tertiary/aromatic N) is 2. The molecule has 0 bridgehead atoms. The van der Waals surface area contributed by atoms with E-state index in [0.29, 0.717) is 0 Å². The number of nitrogens with one attached hydrogen (secondary N) is 1. The number of anilines is 1. The molecule has 1 saturated heterocycles. The van der Waals surface area contributed by atoms with Crippen LogP contribution in [0.4, 0.5) is 5.82 Å². The van der Waals surface area contributed by atoms with Crippen molar-refractivity contribution in [1.29, 1.82) is 0 Å². The lowest BCUT2D eigenvalue weighted by Crippen LogP contribution is -2.36. The minimum absolute atomic E-state index is 0.156. The smallest absolute Gasteiger partial charge is 0.351 e. The second-order valence-corrected chi connectivity index (χ2v) is 5.35. The first-order chi connectivity index (χ1) is 11.4. The molecule has 10 heteroatoms. The van der Waals surface area contributed by atoms with Crippen molar-refractivity contribution >= 4 is 11.8 Å². The summed E-state index contributed by atoms with van der Waals surface area (Å²) < 4.78 is 11.1. The normalized spacial score (nSPS) is 27.7. The van der Waals surface area contributed by atoms with Crippen LogP contribution < -0.4 is 11.0 Å². The molecular weight excluding hydrogens is 322 g/mol. The van der Waals surface area contributed by atoms with Gasteiger partial charge < -0.3 is 30.1 Å². The second-order valence-electron chi connectivity index (χ2n) is 5.35. The summed E-state index contributed by atoms with van der Waals surface area (Å²) >= 11 is 0. The Balaban J connectivity index is 2.13. The molecule has 24 heavy (non-hydrogen) atoms. The minimum atomic E-state index is -1.38. The highest BCUT2D eigenvalue weighted by Crippen LogP contribution is 2.28. The zero-order valence-electron chi connectivity index (χ0n) is 13.3. The standard InChI is InChI=1S/C14H21N3O7/c1-3-23-13(21)7(2)15-9-4-5-17(14(22)16-9)12-11(20)10(19)8(6-18)24-12/h4-5,7-8,10-12,18-20H,3,6H2,1-2H3,(H,15,16,22)/t7-,8+,10+,11+,12+/m0/s1. The summed E-state index contributed by atoms with van der Waals surface area (Å²) in [5.41, 5.74) is -0.745. The number of aromatic nitrogens is 2. The Kier molecular flexibility index (Phi) is 5.89.